The average molecular weight is 1020 g/mol. The summed E-state index contributed by atoms with van der Waals surface area (Å²) in [6.07, 6.45) is 10.1. The Hall–Kier alpha value is -6.42. The highest BCUT2D eigenvalue weighted by Gasteiger charge is 2.43. The highest BCUT2D eigenvalue weighted by atomic mass is 35.5. The Kier molecular flexibility index (Phi) is 15.8. The molecule has 13 nitrogen and oxygen atoms in total. The molecular weight excluding hydrogens is 976 g/mol. The third kappa shape index (κ3) is 11.9. The highest BCUT2D eigenvalue weighted by Crippen LogP contribution is 2.50. The summed E-state index contributed by atoms with van der Waals surface area (Å²) in [5.74, 6) is 0.248. The Labute approximate surface area is 424 Å². The maximum Gasteiger partial charge on any atom is 0.255 e. The molecule has 0 spiro atoms. The van der Waals surface area contributed by atoms with Gasteiger partial charge in [-0.3, -0.25) is 19.6 Å². The zero-order chi connectivity index (χ0) is 49.4. The summed E-state index contributed by atoms with van der Waals surface area (Å²) in [7, 11) is 0. The number of pyridine rings is 2. The van der Waals surface area contributed by atoms with Gasteiger partial charge in [0.25, 0.3) is 5.91 Å². The fraction of sp³-hybridized carbons (Fsp3) is 0.283. The molecule has 0 aliphatic heterocycles. The number of aliphatic hydroxyl groups is 2. The van der Waals surface area contributed by atoms with E-state index in [1.807, 2.05) is 24.3 Å². The van der Waals surface area contributed by atoms with E-state index in [4.69, 9.17) is 71.9 Å². The van der Waals surface area contributed by atoms with Gasteiger partial charge in [-0.2, -0.15) is 5.26 Å². The molecule has 2 aromatic heterocycles. The van der Waals surface area contributed by atoms with Crippen molar-refractivity contribution in [1.29, 1.82) is 5.26 Å². The van der Waals surface area contributed by atoms with Gasteiger partial charge in [0.15, 0.2) is 5.78 Å². The molecule has 0 radical (unpaired) electrons. The molecule has 2 heterocycles. The lowest BCUT2D eigenvalue weighted by atomic mass is 9.96. The monoisotopic (exact) mass is 1020 g/mol. The molecule has 0 atom stereocenters. The van der Waals surface area contributed by atoms with Gasteiger partial charge >= 0.3 is 0 Å². The lowest BCUT2D eigenvalue weighted by molar-refractivity contribution is 0.0928. The molecule has 358 valence electrons. The molecule has 0 unspecified atom stereocenters. The largest absolute Gasteiger partial charge is 0.488 e. The number of hydrogen-bond acceptors (Lipinski definition) is 11. The quantitative estimate of drug-likeness (QED) is 0.0435. The summed E-state index contributed by atoms with van der Waals surface area (Å²) < 4.78 is 24.8. The van der Waals surface area contributed by atoms with Crippen molar-refractivity contribution in [2.75, 3.05) is 19.8 Å². The second-order valence-electron chi connectivity index (χ2n) is 17.5. The van der Waals surface area contributed by atoms with Gasteiger partial charge in [0.1, 0.15) is 55.5 Å². The van der Waals surface area contributed by atoms with Gasteiger partial charge in [0.2, 0.25) is 5.69 Å². The molecule has 8 rings (SSSR count). The number of amides is 1. The number of hydrogen-bond donors (Lipinski definition) is 3. The van der Waals surface area contributed by atoms with Crippen molar-refractivity contribution in [2.24, 2.45) is 10.8 Å². The fourth-order valence-electron chi connectivity index (χ4n) is 7.71. The SMILES string of the molecule is [C-]#[N+]c1cncc(COc2cc(OCc3cccc(-c4cccc(COc5cc(OCc6cncc(C#N)c6)c(C(=O)NCC6(CO)CC6)cc5Cl)c4Cl)c3Cl)c(Cl)cc2C(=O)CCC2(CO)CC2)c1. The first-order valence-corrected chi connectivity index (χ1v) is 23.8. The summed E-state index contributed by atoms with van der Waals surface area (Å²) in [6.45, 7) is 7.60. The van der Waals surface area contributed by atoms with Crippen molar-refractivity contribution in [3.05, 3.63) is 168 Å². The average Bonchev–Trinajstić information content (AvgIpc) is 4.33. The maximum absolute atomic E-state index is 13.6. The molecule has 0 saturated heterocycles. The normalized spacial score (nSPS) is 13.9. The first-order chi connectivity index (χ1) is 33.9. The van der Waals surface area contributed by atoms with Crippen molar-refractivity contribution in [3.63, 3.8) is 0 Å². The number of nitrogens with zero attached hydrogens (tertiary/aromatic N) is 4. The molecule has 0 bridgehead atoms. The van der Waals surface area contributed by atoms with Crippen LogP contribution < -0.4 is 24.3 Å². The van der Waals surface area contributed by atoms with Gasteiger partial charge in [-0.05, 0) is 67.3 Å². The number of rotatable bonds is 22. The third-order valence-electron chi connectivity index (χ3n) is 12.5. The molecule has 3 N–H and O–H groups in total. The molecule has 2 fully saturated rings. The summed E-state index contributed by atoms with van der Waals surface area (Å²) >= 11 is 27.7. The second-order valence-corrected chi connectivity index (χ2v) is 19.1. The second kappa shape index (κ2) is 22.1. The van der Waals surface area contributed by atoms with Crippen LogP contribution in [0.15, 0.2) is 97.6 Å². The van der Waals surface area contributed by atoms with Crippen molar-refractivity contribution in [1.82, 2.24) is 15.3 Å². The third-order valence-corrected chi connectivity index (χ3v) is 14.0. The van der Waals surface area contributed by atoms with Crippen LogP contribution in [-0.4, -0.2) is 51.6 Å². The summed E-state index contributed by atoms with van der Waals surface area (Å²) in [4.78, 5) is 38.8. The van der Waals surface area contributed by atoms with E-state index in [-0.39, 0.29) is 113 Å². The van der Waals surface area contributed by atoms with E-state index in [1.165, 1.54) is 30.6 Å². The number of carbonyl (C=O) groups is 2. The Morgan fingerprint density at radius 2 is 1.21 bits per heavy atom. The first-order valence-electron chi connectivity index (χ1n) is 22.3. The Bertz CT molecular complexity index is 2840. The van der Waals surface area contributed by atoms with E-state index in [2.05, 4.69) is 26.2 Å². The topological polar surface area (TPSA) is 177 Å². The number of aliphatic hydroxyl groups excluding tert-OH is 2. The Balaban J connectivity index is 0.991. The summed E-state index contributed by atoms with van der Waals surface area (Å²) in [6, 6.07) is 22.3. The number of aromatic nitrogens is 2. The standard InChI is InChI=1S/C53H45Cl4N5O8/c1-59-37-15-34(23-61-24-37)26-67-45-18-47(42(54)16-40(45)44(65)8-9-52(30-63)10-11-52)69-27-35-4-2-6-38(49(35)56)39-7-3-5-36(50(39)57)28-70-48-19-46(68-25-33-14-32(20-58)21-60-22-33)41(17-43(48)55)51(66)62-29-53(31-64)12-13-53/h2-7,14-19,21-24,63-64H,8-13,25-31H2,(H,62,66). The molecular formula is C53H45Cl4N5O8. The lowest BCUT2D eigenvalue weighted by Crippen LogP contribution is -2.32. The van der Waals surface area contributed by atoms with Gasteiger partial charge in [0, 0.05) is 89.7 Å². The van der Waals surface area contributed by atoms with Crippen molar-refractivity contribution in [3.8, 4) is 40.2 Å². The van der Waals surface area contributed by atoms with Crippen LogP contribution in [0.3, 0.4) is 0 Å². The molecule has 17 heteroatoms. The smallest absolute Gasteiger partial charge is 0.255 e. The van der Waals surface area contributed by atoms with Gasteiger partial charge in [0.05, 0.1) is 50.0 Å². The number of nitrogens with one attached hydrogen (secondary N) is 1. The van der Waals surface area contributed by atoms with Gasteiger partial charge in [-0.25, -0.2) is 4.85 Å². The van der Waals surface area contributed by atoms with Crippen molar-refractivity contribution < 1.29 is 38.7 Å². The number of halogens is 4. The molecule has 6 aromatic rings. The number of nitriles is 1. The number of Topliss-reactive ketones (excluding diaryl/α,β-unsaturated/α-hetero) is 1. The van der Waals surface area contributed by atoms with E-state index in [0.717, 1.165) is 25.7 Å². The van der Waals surface area contributed by atoms with Crippen LogP contribution in [0.4, 0.5) is 5.69 Å². The van der Waals surface area contributed by atoms with E-state index in [9.17, 15) is 25.1 Å². The number of ether oxygens (including phenoxy) is 4. The molecule has 2 saturated carbocycles. The lowest BCUT2D eigenvalue weighted by Gasteiger charge is -2.18. The minimum atomic E-state index is -0.440. The predicted octanol–water partition coefficient (Wildman–Crippen LogP) is 11.7. The first kappa shape index (κ1) is 50.0. The highest BCUT2D eigenvalue weighted by molar-refractivity contribution is 6.37. The van der Waals surface area contributed by atoms with Gasteiger partial charge < -0.3 is 34.5 Å². The van der Waals surface area contributed by atoms with E-state index >= 15 is 0 Å². The molecule has 4 aromatic carbocycles. The minimum absolute atomic E-state index is 0.00853. The Morgan fingerprint density at radius 3 is 1.76 bits per heavy atom. The molecule has 1 amide bonds. The molecule has 2 aliphatic carbocycles. The van der Waals surface area contributed by atoms with Crippen LogP contribution in [0.2, 0.25) is 20.1 Å². The van der Waals surface area contributed by atoms with Crippen molar-refractivity contribution in [2.45, 2.75) is 65.0 Å². The number of carbonyl (C=O) groups excluding carboxylic acids is 2. The van der Waals surface area contributed by atoms with Crippen LogP contribution in [-0.2, 0) is 26.4 Å². The zero-order valence-electron chi connectivity index (χ0n) is 37.6. The molecule has 70 heavy (non-hydrogen) atoms. The zero-order valence-corrected chi connectivity index (χ0v) is 40.6. The van der Waals surface area contributed by atoms with Gasteiger partial charge in [-0.15, -0.1) is 0 Å². The Morgan fingerprint density at radius 1 is 0.686 bits per heavy atom. The number of benzene rings is 4. The van der Waals surface area contributed by atoms with E-state index in [0.29, 0.717) is 61.1 Å². The fourth-order valence-corrected chi connectivity index (χ4v) is 8.71. The minimum Gasteiger partial charge on any atom is -0.488 e. The van der Waals surface area contributed by atoms with E-state index in [1.54, 1.807) is 42.7 Å². The molecule has 2 aliphatic rings. The summed E-state index contributed by atoms with van der Waals surface area (Å²) in [5.41, 5.74) is 4.27. The van der Waals surface area contributed by atoms with Crippen LogP contribution in [0.1, 0.15) is 87.1 Å². The van der Waals surface area contributed by atoms with Crippen LogP contribution in [0.25, 0.3) is 16.0 Å². The van der Waals surface area contributed by atoms with Crippen LogP contribution >= 0.6 is 46.4 Å². The number of ketones is 1. The maximum atomic E-state index is 13.6. The summed E-state index contributed by atoms with van der Waals surface area (Å²) in [5, 5.41) is 33.0. The van der Waals surface area contributed by atoms with Gasteiger partial charge in [-0.1, -0.05) is 82.8 Å². The van der Waals surface area contributed by atoms with Crippen molar-refractivity contribution >= 4 is 63.8 Å². The van der Waals surface area contributed by atoms with E-state index < -0.39 is 5.91 Å². The predicted molar refractivity (Wildman–Crippen MR) is 265 cm³/mol. The van der Waals surface area contributed by atoms with Crippen LogP contribution in [0, 0.1) is 28.7 Å². The van der Waals surface area contributed by atoms with Crippen LogP contribution in [0.5, 0.6) is 23.0 Å².